The van der Waals surface area contributed by atoms with Crippen molar-refractivity contribution < 1.29 is 22.3 Å². The average Bonchev–Trinajstić information content (AvgIpc) is 2.35. The molecule has 0 heterocycles. The van der Waals surface area contributed by atoms with Gasteiger partial charge in [0, 0.05) is 23.0 Å². The normalized spacial score (nSPS) is 21.9. The third-order valence-corrected chi connectivity index (χ3v) is 3.12. The molecule has 0 unspecified atom stereocenters. The van der Waals surface area contributed by atoms with Crippen molar-refractivity contribution in [2.45, 2.75) is 18.7 Å². The topological polar surface area (TPSA) is 9.23 Å². The lowest BCUT2D eigenvalue weighted by atomic mass is 9.98. The Bertz CT molecular complexity index is 571. The minimum Gasteiger partial charge on any atom is -0.373 e. The van der Waals surface area contributed by atoms with Crippen molar-refractivity contribution in [1.82, 2.24) is 0 Å². The van der Waals surface area contributed by atoms with Gasteiger partial charge in [-0.15, -0.1) is 12.6 Å². The SMILES string of the molecule is Fc1cc(F)c(COC[C@@]2(F)C=C(S)C=CC2)cc1F. The number of benzene rings is 1. The molecule has 0 amide bonds. The molecule has 0 fully saturated rings. The second-order valence-electron chi connectivity index (χ2n) is 4.56. The maximum Gasteiger partial charge on any atom is 0.161 e. The van der Waals surface area contributed by atoms with E-state index in [2.05, 4.69) is 12.6 Å². The first-order valence-electron chi connectivity index (χ1n) is 5.88. The molecule has 108 valence electrons. The van der Waals surface area contributed by atoms with Gasteiger partial charge in [0.1, 0.15) is 5.82 Å². The molecular formula is C14H12F4OS. The van der Waals surface area contributed by atoms with Gasteiger partial charge in [-0.2, -0.15) is 0 Å². The number of thiol groups is 1. The maximum absolute atomic E-state index is 14.2. The summed E-state index contributed by atoms with van der Waals surface area (Å²) in [4.78, 5) is 0.473. The molecule has 0 radical (unpaired) electrons. The van der Waals surface area contributed by atoms with Gasteiger partial charge in [0.15, 0.2) is 17.3 Å². The van der Waals surface area contributed by atoms with Gasteiger partial charge in [0.2, 0.25) is 0 Å². The summed E-state index contributed by atoms with van der Waals surface area (Å²) in [6.45, 7) is -0.659. The highest BCUT2D eigenvalue weighted by molar-refractivity contribution is 7.84. The average molecular weight is 304 g/mol. The Balaban J connectivity index is 1.97. The van der Waals surface area contributed by atoms with Crippen LogP contribution in [0.1, 0.15) is 12.0 Å². The Hall–Kier alpha value is -1.27. The van der Waals surface area contributed by atoms with E-state index in [1.165, 1.54) is 6.08 Å². The van der Waals surface area contributed by atoms with Crippen LogP contribution in [-0.4, -0.2) is 12.3 Å². The minimum atomic E-state index is -1.72. The first-order chi connectivity index (χ1) is 9.39. The van der Waals surface area contributed by atoms with Gasteiger partial charge >= 0.3 is 0 Å². The molecule has 20 heavy (non-hydrogen) atoms. The lowest BCUT2D eigenvalue weighted by Crippen LogP contribution is -2.28. The Morgan fingerprint density at radius 1 is 1.15 bits per heavy atom. The van der Waals surface area contributed by atoms with E-state index in [1.807, 2.05) is 0 Å². The fourth-order valence-electron chi connectivity index (χ4n) is 1.85. The van der Waals surface area contributed by atoms with E-state index in [0.29, 0.717) is 17.0 Å². The smallest absolute Gasteiger partial charge is 0.161 e. The van der Waals surface area contributed by atoms with E-state index in [-0.39, 0.29) is 25.2 Å². The zero-order valence-corrected chi connectivity index (χ0v) is 11.3. The molecule has 1 aromatic carbocycles. The van der Waals surface area contributed by atoms with E-state index < -0.39 is 23.1 Å². The molecule has 1 aromatic rings. The van der Waals surface area contributed by atoms with Gasteiger partial charge in [-0.25, -0.2) is 17.6 Å². The molecule has 0 bridgehead atoms. The molecule has 2 rings (SSSR count). The van der Waals surface area contributed by atoms with E-state index in [9.17, 15) is 17.6 Å². The summed E-state index contributed by atoms with van der Waals surface area (Å²) in [5.41, 5.74) is -1.88. The number of halogens is 4. The zero-order valence-electron chi connectivity index (χ0n) is 10.4. The fourth-order valence-corrected chi connectivity index (χ4v) is 2.19. The second kappa shape index (κ2) is 6.01. The van der Waals surface area contributed by atoms with E-state index >= 15 is 0 Å². The summed E-state index contributed by atoms with van der Waals surface area (Å²) in [7, 11) is 0. The summed E-state index contributed by atoms with van der Waals surface area (Å²) in [5, 5.41) is 0. The number of hydrogen-bond acceptors (Lipinski definition) is 2. The standard InChI is InChI=1S/C14H12F4OS/c15-11-5-13(17)12(16)4-9(11)7-19-8-14(18)3-1-2-10(20)6-14/h1-2,4-6,20H,3,7-8H2/t14-/m0/s1. The van der Waals surface area contributed by atoms with Gasteiger partial charge < -0.3 is 4.74 Å². The van der Waals surface area contributed by atoms with Gasteiger partial charge in [-0.3, -0.25) is 0 Å². The van der Waals surface area contributed by atoms with Crippen LogP contribution in [0.3, 0.4) is 0 Å². The van der Waals surface area contributed by atoms with Crippen molar-refractivity contribution in [2.24, 2.45) is 0 Å². The Kier molecular flexibility index (Phi) is 4.55. The van der Waals surface area contributed by atoms with Crippen LogP contribution >= 0.6 is 12.6 Å². The quantitative estimate of drug-likeness (QED) is 0.500. The van der Waals surface area contributed by atoms with Crippen LogP contribution in [0.15, 0.2) is 35.3 Å². The van der Waals surface area contributed by atoms with Crippen molar-refractivity contribution in [2.75, 3.05) is 6.61 Å². The highest BCUT2D eigenvalue weighted by Gasteiger charge is 2.28. The molecule has 1 aliphatic carbocycles. The highest BCUT2D eigenvalue weighted by Crippen LogP contribution is 2.28. The van der Waals surface area contributed by atoms with Crippen LogP contribution < -0.4 is 0 Å². The summed E-state index contributed by atoms with van der Waals surface area (Å²) < 4.78 is 58.4. The lowest BCUT2D eigenvalue weighted by molar-refractivity contribution is 0.0328. The van der Waals surface area contributed by atoms with Gasteiger partial charge in [-0.1, -0.05) is 12.2 Å². The third kappa shape index (κ3) is 3.64. The first-order valence-corrected chi connectivity index (χ1v) is 6.33. The summed E-state index contributed by atoms with van der Waals surface area (Å²) in [6.07, 6.45) is 4.70. The van der Waals surface area contributed by atoms with Gasteiger partial charge in [-0.05, 0) is 12.1 Å². The van der Waals surface area contributed by atoms with Crippen LogP contribution in [0, 0.1) is 17.5 Å². The summed E-state index contributed by atoms with van der Waals surface area (Å²) in [6, 6.07) is 1.14. The molecule has 0 aromatic heterocycles. The van der Waals surface area contributed by atoms with Crippen molar-refractivity contribution in [3.05, 3.63) is 58.3 Å². The third-order valence-electron chi connectivity index (χ3n) is 2.84. The molecule has 1 atom stereocenters. The first kappa shape index (κ1) is 15.1. The highest BCUT2D eigenvalue weighted by atomic mass is 32.1. The molecule has 1 aliphatic rings. The van der Waals surface area contributed by atoms with Crippen molar-refractivity contribution in [3.63, 3.8) is 0 Å². The fraction of sp³-hybridized carbons (Fsp3) is 0.286. The van der Waals surface area contributed by atoms with Crippen LogP contribution in [0.2, 0.25) is 0 Å². The predicted octanol–water partition coefficient (Wildman–Crippen LogP) is 4.10. The predicted molar refractivity (Wildman–Crippen MR) is 70.6 cm³/mol. The number of allylic oxidation sites excluding steroid dienone is 2. The second-order valence-corrected chi connectivity index (χ2v) is 5.08. The molecule has 0 spiro atoms. The van der Waals surface area contributed by atoms with Crippen LogP contribution in [0.5, 0.6) is 0 Å². The number of alkyl halides is 1. The number of rotatable bonds is 4. The molecule has 0 saturated heterocycles. The number of hydrogen-bond donors (Lipinski definition) is 1. The van der Waals surface area contributed by atoms with Crippen molar-refractivity contribution in [3.8, 4) is 0 Å². The molecule has 6 heteroatoms. The molecular weight excluding hydrogens is 292 g/mol. The Labute approximate surface area is 119 Å². The van der Waals surface area contributed by atoms with E-state index in [0.717, 1.165) is 0 Å². The van der Waals surface area contributed by atoms with Crippen LogP contribution in [0.4, 0.5) is 17.6 Å². The monoisotopic (exact) mass is 304 g/mol. The summed E-state index contributed by atoms with van der Waals surface area (Å²) in [5.74, 6) is -3.36. The minimum absolute atomic E-state index is 0.122. The van der Waals surface area contributed by atoms with Crippen LogP contribution in [-0.2, 0) is 11.3 Å². The van der Waals surface area contributed by atoms with Crippen molar-refractivity contribution >= 4 is 12.6 Å². The maximum atomic E-state index is 14.2. The molecule has 0 saturated carbocycles. The van der Waals surface area contributed by atoms with E-state index in [1.54, 1.807) is 12.2 Å². The Morgan fingerprint density at radius 2 is 1.85 bits per heavy atom. The molecule has 0 aliphatic heterocycles. The Morgan fingerprint density at radius 3 is 2.55 bits per heavy atom. The largest absolute Gasteiger partial charge is 0.373 e. The van der Waals surface area contributed by atoms with E-state index in [4.69, 9.17) is 4.74 Å². The van der Waals surface area contributed by atoms with Crippen molar-refractivity contribution in [1.29, 1.82) is 0 Å². The zero-order chi connectivity index (χ0) is 14.8. The van der Waals surface area contributed by atoms with Gasteiger partial charge in [0.05, 0.1) is 13.2 Å². The number of ether oxygens (including phenoxy) is 1. The van der Waals surface area contributed by atoms with Gasteiger partial charge in [0.25, 0.3) is 0 Å². The lowest BCUT2D eigenvalue weighted by Gasteiger charge is -2.23. The molecule has 0 N–H and O–H groups in total. The molecule has 1 nitrogen and oxygen atoms in total. The summed E-state index contributed by atoms with van der Waals surface area (Å²) >= 11 is 4.04. The van der Waals surface area contributed by atoms with Crippen LogP contribution in [0.25, 0.3) is 0 Å².